The Morgan fingerprint density at radius 1 is 1.44 bits per heavy atom. The van der Waals surface area contributed by atoms with Crippen molar-refractivity contribution in [2.24, 2.45) is 4.99 Å². The number of aliphatic imine (C=N–C) groups is 1. The first-order valence-electron chi connectivity index (χ1n) is 7.42. The minimum Gasteiger partial charge on any atom is -0.478 e. The van der Waals surface area contributed by atoms with E-state index in [-0.39, 0.29) is 17.2 Å². The van der Waals surface area contributed by atoms with Gasteiger partial charge in [0.15, 0.2) is 0 Å². The smallest absolute Gasteiger partial charge is 0.335 e. The Kier molecular flexibility index (Phi) is 5.33. The first-order chi connectivity index (χ1) is 11.8. The van der Waals surface area contributed by atoms with Crippen LogP contribution < -0.4 is 16.2 Å². The van der Waals surface area contributed by atoms with Crippen LogP contribution in [0.3, 0.4) is 0 Å². The van der Waals surface area contributed by atoms with Crippen molar-refractivity contribution in [3.63, 3.8) is 0 Å². The number of aryl methyl sites for hydroxylation is 1. The number of benzene rings is 1. The third kappa shape index (κ3) is 4.31. The van der Waals surface area contributed by atoms with Gasteiger partial charge < -0.3 is 15.7 Å². The van der Waals surface area contributed by atoms with Crippen LogP contribution in [-0.2, 0) is 0 Å². The molecule has 0 atom stereocenters. The zero-order valence-corrected chi connectivity index (χ0v) is 14.0. The molecule has 0 saturated heterocycles. The van der Waals surface area contributed by atoms with Crippen LogP contribution in [0.5, 0.6) is 0 Å². The molecular formula is C17H19N5O3. The molecule has 0 bridgehead atoms. The number of nitrogens with one attached hydrogen (secondary N) is 1. The second-order valence-electron chi connectivity index (χ2n) is 5.40. The first kappa shape index (κ1) is 17.9. The van der Waals surface area contributed by atoms with Gasteiger partial charge in [-0.25, -0.2) is 14.8 Å². The minimum atomic E-state index is -0.979. The number of nitrogen functional groups attached to an aromatic ring is 1. The second kappa shape index (κ2) is 7.43. The van der Waals surface area contributed by atoms with Gasteiger partial charge in [0.1, 0.15) is 5.69 Å². The number of aromatic amines is 1. The van der Waals surface area contributed by atoms with Gasteiger partial charge in [-0.05, 0) is 37.3 Å². The average Bonchev–Trinajstić information content (AvgIpc) is 2.56. The highest BCUT2D eigenvalue weighted by Gasteiger charge is 2.10. The van der Waals surface area contributed by atoms with E-state index in [1.807, 2.05) is 11.9 Å². The standard InChI is InChI=1S/C17H19N5O3/c1-4-12(20-14-10(2)19-17(18)21-15(14)23)9-22(3)13-7-5-11(6-8-13)16(24)25/h4-8H,1,9H2,2-3H3,(H,24,25)(H3,18,19,21,23). The zero-order valence-electron chi connectivity index (χ0n) is 14.0. The summed E-state index contributed by atoms with van der Waals surface area (Å²) >= 11 is 0. The molecule has 2 aromatic rings. The number of rotatable bonds is 6. The summed E-state index contributed by atoms with van der Waals surface area (Å²) in [5.74, 6) is -0.940. The quantitative estimate of drug-likeness (QED) is 0.688. The van der Waals surface area contributed by atoms with E-state index in [1.54, 1.807) is 25.1 Å². The average molecular weight is 341 g/mol. The number of H-pyrrole nitrogens is 1. The number of nitrogens with two attached hydrogens (primary N) is 1. The van der Waals surface area contributed by atoms with E-state index in [2.05, 4.69) is 21.5 Å². The Morgan fingerprint density at radius 3 is 2.60 bits per heavy atom. The number of carboxylic acids is 1. The predicted octanol–water partition coefficient (Wildman–Crippen LogP) is 1.75. The molecule has 0 saturated carbocycles. The van der Waals surface area contributed by atoms with Gasteiger partial charge in [0.2, 0.25) is 5.95 Å². The van der Waals surface area contributed by atoms with Crippen molar-refractivity contribution in [3.8, 4) is 0 Å². The summed E-state index contributed by atoms with van der Waals surface area (Å²) in [6, 6.07) is 6.45. The topological polar surface area (TPSA) is 125 Å². The number of aromatic carboxylic acids is 1. The molecular weight excluding hydrogens is 322 g/mol. The van der Waals surface area contributed by atoms with Crippen LogP contribution in [0.4, 0.5) is 17.3 Å². The van der Waals surface area contributed by atoms with Gasteiger partial charge in [0.25, 0.3) is 5.56 Å². The molecule has 2 rings (SSSR count). The lowest BCUT2D eigenvalue weighted by Crippen LogP contribution is -2.25. The summed E-state index contributed by atoms with van der Waals surface area (Å²) in [7, 11) is 1.83. The predicted molar refractivity (Wildman–Crippen MR) is 98.0 cm³/mol. The molecule has 8 heteroatoms. The van der Waals surface area contributed by atoms with E-state index >= 15 is 0 Å². The van der Waals surface area contributed by atoms with Crippen molar-refractivity contribution >= 4 is 29.0 Å². The van der Waals surface area contributed by atoms with Crippen LogP contribution in [0, 0.1) is 6.92 Å². The molecule has 1 heterocycles. The zero-order chi connectivity index (χ0) is 18.6. The maximum Gasteiger partial charge on any atom is 0.335 e. The molecule has 25 heavy (non-hydrogen) atoms. The van der Waals surface area contributed by atoms with Gasteiger partial charge in [-0.1, -0.05) is 6.58 Å². The molecule has 0 spiro atoms. The molecule has 1 aromatic carbocycles. The van der Waals surface area contributed by atoms with Crippen molar-refractivity contribution < 1.29 is 9.90 Å². The fourth-order valence-corrected chi connectivity index (χ4v) is 2.22. The molecule has 0 aliphatic heterocycles. The number of carbonyl (C=O) groups is 1. The Bertz CT molecular complexity index is 884. The van der Waals surface area contributed by atoms with E-state index in [4.69, 9.17) is 10.8 Å². The van der Waals surface area contributed by atoms with Gasteiger partial charge in [0, 0.05) is 12.7 Å². The van der Waals surface area contributed by atoms with Crippen molar-refractivity contribution in [2.75, 3.05) is 24.2 Å². The van der Waals surface area contributed by atoms with Gasteiger partial charge in [-0.3, -0.25) is 9.78 Å². The maximum absolute atomic E-state index is 12.0. The monoisotopic (exact) mass is 341 g/mol. The lowest BCUT2D eigenvalue weighted by atomic mass is 10.2. The lowest BCUT2D eigenvalue weighted by molar-refractivity contribution is 0.0697. The summed E-state index contributed by atoms with van der Waals surface area (Å²) in [6.45, 7) is 5.75. The third-order valence-electron chi connectivity index (χ3n) is 3.53. The van der Waals surface area contributed by atoms with Crippen LogP contribution in [0.1, 0.15) is 16.1 Å². The number of aromatic nitrogens is 2. The highest BCUT2D eigenvalue weighted by atomic mass is 16.4. The Morgan fingerprint density at radius 2 is 2.08 bits per heavy atom. The summed E-state index contributed by atoms with van der Waals surface area (Å²) in [5, 5.41) is 8.94. The van der Waals surface area contributed by atoms with E-state index < -0.39 is 11.5 Å². The number of hydrogen-bond acceptors (Lipinski definition) is 6. The highest BCUT2D eigenvalue weighted by molar-refractivity contribution is 5.99. The van der Waals surface area contributed by atoms with Crippen LogP contribution >= 0.6 is 0 Å². The fraction of sp³-hybridized carbons (Fsp3) is 0.176. The number of nitrogens with zero attached hydrogens (tertiary/aromatic N) is 3. The molecule has 1 aromatic heterocycles. The summed E-state index contributed by atoms with van der Waals surface area (Å²) in [6.07, 6.45) is 1.55. The number of carboxylic acid groups (broad SMARTS) is 1. The normalized spacial score (nSPS) is 11.2. The molecule has 0 aliphatic carbocycles. The molecule has 8 nitrogen and oxygen atoms in total. The van der Waals surface area contributed by atoms with Crippen molar-refractivity contribution in [3.05, 3.63) is 58.5 Å². The van der Waals surface area contributed by atoms with Gasteiger partial charge in [0.05, 0.1) is 23.5 Å². The molecule has 130 valence electrons. The van der Waals surface area contributed by atoms with Crippen molar-refractivity contribution in [1.82, 2.24) is 9.97 Å². The summed E-state index contributed by atoms with van der Waals surface area (Å²) in [5.41, 5.74) is 7.26. The van der Waals surface area contributed by atoms with Crippen LogP contribution in [0.25, 0.3) is 0 Å². The first-order valence-corrected chi connectivity index (χ1v) is 7.42. The molecule has 4 N–H and O–H groups in total. The largest absolute Gasteiger partial charge is 0.478 e. The second-order valence-corrected chi connectivity index (χ2v) is 5.40. The van der Waals surface area contributed by atoms with Gasteiger partial charge in [-0.2, -0.15) is 0 Å². The van der Waals surface area contributed by atoms with E-state index in [0.717, 1.165) is 5.69 Å². The Labute approximate surface area is 144 Å². The van der Waals surface area contributed by atoms with Crippen LogP contribution in [-0.4, -0.2) is 40.3 Å². The molecule has 0 radical (unpaired) electrons. The van der Waals surface area contributed by atoms with Crippen LogP contribution in [0.15, 0.2) is 46.7 Å². The number of anilines is 2. The highest BCUT2D eigenvalue weighted by Crippen LogP contribution is 2.15. The van der Waals surface area contributed by atoms with Crippen molar-refractivity contribution in [2.45, 2.75) is 6.92 Å². The van der Waals surface area contributed by atoms with Gasteiger partial charge in [-0.15, -0.1) is 0 Å². The Hall–Kier alpha value is -3.42. The van der Waals surface area contributed by atoms with E-state index in [1.165, 1.54) is 12.1 Å². The summed E-state index contributed by atoms with van der Waals surface area (Å²) in [4.78, 5) is 35.5. The number of hydrogen-bond donors (Lipinski definition) is 3. The molecule has 0 unspecified atom stereocenters. The van der Waals surface area contributed by atoms with E-state index in [9.17, 15) is 9.59 Å². The SMILES string of the molecule is C=CC(CN(C)c1ccc(C(=O)O)cc1)=Nc1c(C)nc(N)[nH]c1=O. The third-order valence-corrected chi connectivity index (χ3v) is 3.53. The molecule has 0 aliphatic rings. The van der Waals surface area contributed by atoms with Crippen molar-refractivity contribution in [1.29, 1.82) is 0 Å². The van der Waals surface area contributed by atoms with Crippen LogP contribution in [0.2, 0.25) is 0 Å². The fourth-order valence-electron chi connectivity index (χ4n) is 2.22. The minimum absolute atomic E-state index is 0.0391. The van der Waals surface area contributed by atoms with E-state index in [0.29, 0.717) is 18.0 Å². The molecule has 0 amide bonds. The van der Waals surface area contributed by atoms with Gasteiger partial charge >= 0.3 is 5.97 Å². The molecule has 0 fully saturated rings. The maximum atomic E-state index is 12.0. The Balaban J connectivity index is 2.25. The summed E-state index contributed by atoms with van der Waals surface area (Å²) < 4.78 is 0. The lowest BCUT2D eigenvalue weighted by Gasteiger charge is -2.19.